The van der Waals surface area contributed by atoms with E-state index >= 15 is 0 Å². The van der Waals surface area contributed by atoms with Crippen molar-refractivity contribution < 1.29 is 14.4 Å². The fraction of sp³-hybridized carbons (Fsp3) is 0.348. The van der Waals surface area contributed by atoms with Crippen molar-refractivity contribution in [3.63, 3.8) is 0 Å². The van der Waals surface area contributed by atoms with E-state index in [0.717, 1.165) is 67.3 Å². The molecule has 23 heteroatoms. The summed E-state index contributed by atoms with van der Waals surface area (Å²) in [6.45, 7) is 11.4. The maximum absolute atomic E-state index is 11.5. The summed E-state index contributed by atoms with van der Waals surface area (Å²) in [7, 11) is -2.28. The van der Waals surface area contributed by atoms with E-state index in [1.54, 1.807) is 0 Å². The van der Waals surface area contributed by atoms with Gasteiger partial charge in [0, 0.05) is 41.1 Å². The summed E-state index contributed by atoms with van der Waals surface area (Å²) in [4.78, 5) is 89.3. The number of carbonyl (C=O) groups is 2. The lowest BCUT2D eigenvalue weighted by molar-refractivity contribution is -0.118. The predicted octanol–water partition coefficient (Wildman–Crippen LogP) is 4.87. The number of anilines is 1. The Morgan fingerprint density at radius 3 is 1.51 bits per heavy atom. The van der Waals surface area contributed by atoms with Crippen molar-refractivity contribution in [2.24, 2.45) is 26.2 Å². The van der Waals surface area contributed by atoms with Gasteiger partial charge in [-0.25, -0.2) is 24.4 Å². The van der Waals surface area contributed by atoms with Crippen LogP contribution < -0.4 is 65.8 Å². The molecule has 2 aromatic heterocycles. The fourth-order valence-electron chi connectivity index (χ4n) is 4.92. The van der Waals surface area contributed by atoms with E-state index in [-0.39, 0.29) is 36.9 Å². The molecule has 1 aliphatic rings. The number of amides is 2. The number of aliphatic imine (C=N–C) groups is 2. The number of nitrogens with two attached hydrogens (primary N) is 2. The lowest BCUT2D eigenvalue weighted by Gasteiger charge is -2.26. The van der Waals surface area contributed by atoms with Gasteiger partial charge in [0.1, 0.15) is 24.1 Å². The van der Waals surface area contributed by atoms with Crippen LogP contribution >= 0.6 is 41.9 Å². The van der Waals surface area contributed by atoms with E-state index in [9.17, 15) is 33.6 Å². The van der Waals surface area contributed by atoms with Crippen molar-refractivity contribution in [2.45, 2.75) is 60.8 Å². The second-order valence-corrected chi connectivity index (χ2v) is 17.6. The number of nitrogens with zero attached hydrogens (tertiary/aromatic N) is 3. The number of halogens is 3. The third-order valence-corrected chi connectivity index (χ3v) is 11.7. The van der Waals surface area contributed by atoms with Gasteiger partial charge >= 0.3 is 11.4 Å². The molecule has 0 saturated carbocycles. The quantitative estimate of drug-likeness (QED) is 0.0253. The van der Waals surface area contributed by atoms with Crippen LogP contribution in [0.1, 0.15) is 60.8 Å². The van der Waals surface area contributed by atoms with Crippen LogP contribution in [0.15, 0.2) is 137 Å². The molecule has 0 fully saturated rings. The highest BCUT2D eigenvalue weighted by Crippen LogP contribution is 2.46. The van der Waals surface area contributed by atoms with E-state index in [1.807, 2.05) is 73.4 Å². The number of primary amides is 1. The molecule has 3 aromatic carbocycles. The average Bonchev–Trinajstić information content (AvgIpc) is 3.75. The average molecular weight is 1040 g/mol. The number of H-pyrrole nitrogens is 4. The first-order chi connectivity index (χ1) is 32.7. The number of isocyanates is 1. The molecule has 0 saturated heterocycles. The van der Waals surface area contributed by atoms with Crippen molar-refractivity contribution in [3.8, 4) is 0 Å². The number of aromatic nitrogens is 4. The molecule has 0 bridgehead atoms. The topological polar surface area (TPSA) is 308 Å². The summed E-state index contributed by atoms with van der Waals surface area (Å²) >= 11 is 14.8. The second-order valence-electron chi connectivity index (χ2n) is 13.3. The Labute approximate surface area is 417 Å². The van der Waals surface area contributed by atoms with Crippen LogP contribution in [0.5, 0.6) is 0 Å². The Morgan fingerprint density at radius 1 is 0.725 bits per heavy atom. The highest BCUT2D eigenvalue weighted by atomic mass is 35.5. The van der Waals surface area contributed by atoms with Crippen molar-refractivity contribution in [1.82, 2.24) is 30.6 Å². The van der Waals surface area contributed by atoms with Gasteiger partial charge < -0.3 is 22.1 Å². The molecule has 11 N–H and O–H groups in total. The van der Waals surface area contributed by atoms with Crippen LogP contribution in [0.3, 0.4) is 0 Å². The third-order valence-electron chi connectivity index (χ3n) is 7.75. The Bertz CT molecular complexity index is 2370. The summed E-state index contributed by atoms with van der Waals surface area (Å²) in [5.41, 5.74) is 8.48. The maximum Gasteiger partial charge on any atom is 0.327 e. The summed E-state index contributed by atoms with van der Waals surface area (Å²) in [5.74, 6) is 0.637. The molecule has 69 heavy (non-hydrogen) atoms. The number of aromatic amines is 4. The molecule has 6 rings (SSSR count). The van der Waals surface area contributed by atoms with E-state index in [2.05, 4.69) is 91.1 Å². The zero-order chi connectivity index (χ0) is 51.0. The van der Waals surface area contributed by atoms with Gasteiger partial charge in [-0.1, -0.05) is 138 Å². The van der Waals surface area contributed by atoms with E-state index in [0.29, 0.717) is 18.3 Å². The van der Waals surface area contributed by atoms with Crippen LogP contribution in [-0.2, 0) is 14.4 Å². The number of hydrogen-bond donors (Lipinski definition) is 9. The molecule has 378 valence electrons. The Morgan fingerprint density at radius 2 is 1.17 bits per heavy atom. The van der Waals surface area contributed by atoms with Crippen molar-refractivity contribution in [3.05, 3.63) is 150 Å². The molecular formula is C46H66Cl3N12O7P. The van der Waals surface area contributed by atoms with Gasteiger partial charge in [-0.15, -0.1) is 23.2 Å². The van der Waals surface area contributed by atoms with E-state index < -0.39 is 35.5 Å². The normalized spacial score (nSPS) is 10.4. The number of hydrogen-bond acceptors (Lipinski definition) is 13. The summed E-state index contributed by atoms with van der Waals surface area (Å²) < 4.78 is 4.90. The smallest absolute Gasteiger partial charge is 0.327 e. The SMILES string of the molecule is C.CCCN.CCCN=C=O.CCCNC1=NCC(=O)N1.CCCNc1cc(=O)[nH]c(=O)[nH]1.ClCCl.NC(=O)CN=P(c1ccccc1)(c1ccccc1)c1ccccc1.O=c1cc(Cl)[nH]c(=O)[nH]1. The highest BCUT2D eigenvalue weighted by Gasteiger charge is 2.27. The standard InChI is InChI=1S/C20H19N2OP.C7H11N3O2.C6H11N3O.C4H3ClN2O2.C4H7NO.C3H9N.CH2Cl2.CH4/c21-20(23)16-22-24(17-10-4-1-5-11-17,18-12-6-2-7-13-18)19-14-8-3-9-15-19;1-2-3-8-5-4-6(11)10-7(12)9-5;1-2-3-7-6-8-4-5(10)9-6;5-2-1-3(8)7-4(9)6-2;1-2-3-5-4-6;1-2-3-4;2-1-3;/h1-15H,16H2,(H2,21,23);4H,2-3H2,1H3,(H3,8,9,10,11,12);2-4H2,1H3,(H2,7,8,9,10);1H,(H2,6,7,8,9);2-3H2,1H3;2-4H2,1H3;1H2;1H4. The molecule has 1 aliphatic heterocycles. The maximum atomic E-state index is 11.5. The van der Waals surface area contributed by atoms with Crippen molar-refractivity contribution >= 4 is 87.4 Å². The monoisotopic (exact) mass is 1030 g/mol. The molecule has 5 aromatic rings. The summed E-state index contributed by atoms with van der Waals surface area (Å²) in [5, 5.41) is 12.1. The van der Waals surface area contributed by atoms with Crippen molar-refractivity contribution in [2.75, 3.05) is 49.9 Å². The van der Waals surface area contributed by atoms with Crippen LogP contribution in [0.25, 0.3) is 0 Å². The molecule has 0 unspecified atom stereocenters. The Hall–Kier alpha value is -6.33. The molecule has 0 atom stereocenters. The van der Waals surface area contributed by atoms with E-state index in [1.165, 1.54) is 12.1 Å². The first kappa shape index (κ1) is 64.8. The second kappa shape index (κ2) is 40.7. The highest BCUT2D eigenvalue weighted by molar-refractivity contribution is 7.87. The largest absolute Gasteiger partial charge is 0.371 e. The van der Waals surface area contributed by atoms with Gasteiger partial charge in [0.25, 0.3) is 11.1 Å². The molecule has 0 spiro atoms. The lowest BCUT2D eigenvalue weighted by atomic mass is 10.4. The molecule has 0 radical (unpaired) electrons. The number of guanidine groups is 1. The fourth-order valence-corrected chi connectivity index (χ4v) is 8.66. The predicted molar refractivity (Wildman–Crippen MR) is 285 cm³/mol. The van der Waals surface area contributed by atoms with Gasteiger partial charge in [-0.2, -0.15) is 0 Å². The zero-order valence-corrected chi connectivity index (χ0v) is 41.7. The van der Waals surface area contributed by atoms with Gasteiger partial charge in [-0.05, 0) is 32.2 Å². The van der Waals surface area contributed by atoms with E-state index in [4.69, 9.17) is 51.0 Å². The number of benzene rings is 3. The molecule has 3 heterocycles. The zero-order valence-electron chi connectivity index (χ0n) is 38.5. The molecule has 19 nitrogen and oxygen atoms in total. The van der Waals surface area contributed by atoms with Crippen LogP contribution in [0.2, 0.25) is 5.15 Å². The van der Waals surface area contributed by atoms with Crippen LogP contribution in [0.4, 0.5) is 5.82 Å². The number of alkyl halides is 2. The molecule has 2 amide bonds. The first-order valence-corrected chi connectivity index (χ1v) is 24.4. The summed E-state index contributed by atoms with van der Waals surface area (Å²) in [6.07, 6.45) is 5.44. The Balaban J connectivity index is 0. The molecule has 0 aliphatic carbocycles. The number of carbonyl (C=O) groups excluding carboxylic acids is 3. The minimum absolute atomic E-state index is 0. The van der Waals surface area contributed by atoms with Gasteiger partial charge in [0.05, 0.1) is 18.9 Å². The first-order valence-electron chi connectivity index (χ1n) is 21.2. The van der Waals surface area contributed by atoms with Crippen molar-refractivity contribution in [1.29, 1.82) is 0 Å². The number of rotatable bonds is 13. The minimum Gasteiger partial charge on any atom is -0.371 e. The lowest BCUT2D eigenvalue weighted by Crippen LogP contribution is -2.36. The number of nitrogens with one attached hydrogen (secondary N) is 7. The van der Waals surface area contributed by atoms with Gasteiger partial charge in [0.15, 0.2) is 5.96 Å². The minimum atomic E-state index is -2.28. The van der Waals surface area contributed by atoms with Gasteiger partial charge in [-0.3, -0.25) is 49.2 Å². The third kappa shape index (κ3) is 29.2. The van der Waals surface area contributed by atoms with Gasteiger partial charge in [0.2, 0.25) is 17.9 Å². The summed E-state index contributed by atoms with van der Waals surface area (Å²) in [6, 6.07) is 32.9. The molecular weight excluding hydrogens is 970 g/mol. The Kier molecular flexibility index (Phi) is 38.2. The van der Waals surface area contributed by atoms with Crippen LogP contribution in [0, 0.1) is 0 Å². The van der Waals surface area contributed by atoms with Crippen LogP contribution in [-0.4, -0.2) is 88.4 Å².